The Labute approximate surface area is 210 Å². The highest BCUT2D eigenvalue weighted by Gasteiger charge is 2.76. The molecule has 188 valence electrons. The maximum atomic E-state index is 14.1. The molecule has 1 aromatic rings. The Kier molecular flexibility index (Phi) is 5.16. The van der Waals surface area contributed by atoms with Gasteiger partial charge in [0.1, 0.15) is 0 Å². The van der Waals surface area contributed by atoms with Crippen molar-refractivity contribution in [3.8, 4) is 0 Å². The molecule has 7 nitrogen and oxygen atoms in total. The second-order valence-corrected chi connectivity index (χ2v) is 12.9. The van der Waals surface area contributed by atoms with E-state index in [1.165, 1.54) is 11.8 Å². The van der Waals surface area contributed by atoms with Gasteiger partial charge in [0.25, 0.3) is 0 Å². The Hall–Kier alpha value is -1.74. The fraction of sp³-hybridized carbons (Fsp3) is 0.667. The molecule has 8 atom stereocenters. The second kappa shape index (κ2) is 7.63. The van der Waals surface area contributed by atoms with Crippen molar-refractivity contribution < 1.29 is 24.2 Å². The molecule has 0 aromatic carbocycles. The largest absolute Gasteiger partial charge is 0.393 e. The minimum absolute atomic E-state index is 0.00130. The van der Waals surface area contributed by atoms with Gasteiger partial charge in [-0.05, 0) is 63.5 Å². The van der Waals surface area contributed by atoms with Gasteiger partial charge in [-0.1, -0.05) is 37.3 Å². The topological polar surface area (TPSA) is 102 Å². The van der Waals surface area contributed by atoms with E-state index in [9.17, 15) is 14.7 Å². The number of ketones is 2. The van der Waals surface area contributed by atoms with E-state index in [2.05, 4.69) is 23.8 Å². The fourth-order valence-electron chi connectivity index (χ4n) is 8.49. The summed E-state index contributed by atoms with van der Waals surface area (Å²) in [5.41, 5.74) is -0.884. The number of aromatic amines is 1. The number of imidazole rings is 1. The van der Waals surface area contributed by atoms with Gasteiger partial charge in [-0.2, -0.15) is 0 Å². The van der Waals surface area contributed by atoms with Crippen LogP contribution in [0.4, 0.5) is 0 Å². The van der Waals surface area contributed by atoms with Crippen LogP contribution in [0, 0.1) is 28.6 Å². The monoisotopic (exact) mass is 498 g/mol. The van der Waals surface area contributed by atoms with Crippen LogP contribution in [0.3, 0.4) is 0 Å². The standard InChI is InChI=1S/C27H34N2O5S/c1-24(2)33-21-12-18-17-6-5-15-11-16(30)7-8-25(15,3)22(17)19(31)13-26(18,4)27(21,34-24)20(32)14-35-23-28-9-10-29-23/h7-11,17-19,21-22,31H,5-6,12-14H2,1-4H3,(H,28,29)/t17?,18?,19-,21+,22?,25?,26?,27+/m0/s1. The Morgan fingerprint density at radius 1 is 1.31 bits per heavy atom. The SMILES string of the molecule is CC1(C)O[C@@H]2CC3C4CCC5=CC(=O)C=CC5(C)C4[C@@H](O)CC3(C)[C@]2(C(=O)CSc2ncc[nH]2)O1. The maximum Gasteiger partial charge on any atom is 0.178 e. The van der Waals surface area contributed by atoms with Crippen molar-refractivity contribution in [2.45, 2.75) is 82.1 Å². The van der Waals surface area contributed by atoms with Gasteiger partial charge >= 0.3 is 0 Å². The third-order valence-electron chi connectivity index (χ3n) is 9.72. The average molecular weight is 499 g/mol. The summed E-state index contributed by atoms with van der Waals surface area (Å²) in [7, 11) is 0. The molecule has 1 aliphatic heterocycles. The van der Waals surface area contributed by atoms with Crippen molar-refractivity contribution in [1.29, 1.82) is 0 Å². The van der Waals surface area contributed by atoms with E-state index in [4.69, 9.17) is 9.47 Å². The van der Waals surface area contributed by atoms with Gasteiger partial charge in [-0.3, -0.25) is 9.59 Å². The molecule has 8 heteroatoms. The van der Waals surface area contributed by atoms with Crippen LogP contribution >= 0.6 is 11.8 Å². The van der Waals surface area contributed by atoms with Crippen molar-refractivity contribution in [3.05, 3.63) is 36.2 Å². The Balaban J connectivity index is 1.38. The van der Waals surface area contributed by atoms with Crippen LogP contribution in [0.15, 0.2) is 41.4 Å². The number of Topliss-reactive ketones (excluding diaryl/α,β-unsaturated/α-hetero) is 1. The van der Waals surface area contributed by atoms with Gasteiger partial charge in [0.05, 0.1) is 18.0 Å². The molecule has 1 aromatic heterocycles. The van der Waals surface area contributed by atoms with E-state index in [0.717, 1.165) is 24.8 Å². The van der Waals surface area contributed by atoms with E-state index < -0.39 is 22.9 Å². The third kappa shape index (κ3) is 3.19. The Morgan fingerprint density at radius 3 is 2.86 bits per heavy atom. The zero-order chi connectivity index (χ0) is 24.8. The summed E-state index contributed by atoms with van der Waals surface area (Å²) >= 11 is 1.38. The number of fused-ring (bicyclic) bond motifs is 7. The summed E-state index contributed by atoms with van der Waals surface area (Å²) in [6.45, 7) is 8.06. The molecule has 0 spiro atoms. The van der Waals surface area contributed by atoms with E-state index >= 15 is 0 Å². The minimum atomic E-state index is -1.11. The molecular weight excluding hydrogens is 464 g/mol. The van der Waals surface area contributed by atoms with Crippen molar-refractivity contribution in [2.75, 3.05) is 5.75 Å². The highest BCUT2D eigenvalue weighted by Crippen LogP contribution is 2.70. The fourth-order valence-corrected chi connectivity index (χ4v) is 9.26. The number of carbonyl (C=O) groups is 2. The van der Waals surface area contributed by atoms with Gasteiger partial charge in [0, 0.05) is 29.1 Å². The van der Waals surface area contributed by atoms with E-state index in [0.29, 0.717) is 11.6 Å². The molecule has 2 heterocycles. The number of hydrogen-bond donors (Lipinski definition) is 2. The summed E-state index contributed by atoms with van der Waals surface area (Å²) < 4.78 is 13.1. The number of H-pyrrole nitrogens is 1. The number of carbonyl (C=O) groups excluding carboxylic acids is 2. The number of aromatic nitrogens is 2. The first-order valence-corrected chi connectivity index (χ1v) is 13.6. The summed E-state index contributed by atoms with van der Waals surface area (Å²) in [5.74, 6) is -0.204. The molecule has 5 aliphatic rings. The Bertz CT molecular complexity index is 1130. The number of aliphatic hydroxyl groups excluding tert-OH is 1. The van der Waals surface area contributed by atoms with Crippen LogP contribution in [0.5, 0.6) is 0 Å². The summed E-state index contributed by atoms with van der Waals surface area (Å²) in [6, 6.07) is 0. The predicted octanol–water partition coefficient (Wildman–Crippen LogP) is 3.85. The lowest BCUT2D eigenvalue weighted by Gasteiger charge is -2.60. The number of hydrogen-bond acceptors (Lipinski definition) is 7. The molecule has 5 unspecified atom stereocenters. The van der Waals surface area contributed by atoms with Crippen LogP contribution in [0.2, 0.25) is 0 Å². The van der Waals surface area contributed by atoms with Crippen molar-refractivity contribution >= 4 is 23.3 Å². The zero-order valence-corrected chi connectivity index (χ0v) is 21.6. The molecule has 0 bridgehead atoms. The average Bonchev–Trinajstić information content (AvgIpc) is 3.45. The van der Waals surface area contributed by atoms with Crippen LogP contribution in [0.1, 0.15) is 53.4 Å². The van der Waals surface area contributed by atoms with Crippen molar-refractivity contribution in [3.63, 3.8) is 0 Å². The lowest BCUT2D eigenvalue weighted by Crippen LogP contribution is -2.63. The highest BCUT2D eigenvalue weighted by atomic mass is 32.2. The molecule has 2 N–H and O–H groups in total. The van der Waals surface area contributed by atoms with Crippen LogP contribution in [-0.2, 0) is 19.1 Å². The van der Waals surface area contributed by atoms with Gasteiger partial charge < -0.3 is 19.6 Å². The third-order valence-corrected chi connectivity index (χ3v) is 10.6. The van der Waals surface area contributed by atoms with Gasteiger partial charge in [-0.25, -0.2) is 4.98 Å². The van der Waals surface area contributed by atoms with E-state index in [1.54, 1.807) is 24.5 Å². The summed E-state index contributed by atoms with van der Waals surface area (Å²) in [6.07, 6.45) is 10.8. The zero-order valence-electron chi connectivity index (χ0n) is 20.7. The molecule has 6 rings (SSSR count). The number of allylic oxidation sites excluding steroid dienone is 4. The van der Waals surface area contributed by atoms with Crippen molar-refractivity contribution in [1.82, 2.24) is 9.97 Å². The molecule has 0 radical (unpaired) electrons. The summed E-state index contributed by atoms with van der Waals surface area (Å²) in [5, 5.41) is 12.4. The number of nitrogens with one attached hydrogen (secondary N) is 1. The molecule has 35 heavy (non-hydrogen) atoms. The van der Waals surface area contributed by atoms with Crippen molar-refractivity contribution in [2.24, 2.45) is 28.6 Å². The van der Waals surface area contributed by atoms with Gasteiger partial charge in [0.15, 0.2) is 28.1 Å². The van der Waals surface area contributed by atoms with Gasteiger partial charge in [0.2, 0.25) is 0 Å². The number of thioether (sulfide) groups is 1. The smallest absolute Gasteiger partial charge is 0.178 e. The minimum Gasteiger partial charge on any atom is -0.393 e. The number of nitrogens with zero attached hydrogens (tertiary/aromatic N) is 1. The van der Waals surface area contributed by atoms with Gasteiger partial charge in [-0.15, -0.1) is 0 Å². The molecular formula is C27H34N2O5S. The quantitative estimate of drug-likeness (QED) is 0.608. The molecule has 1 saturated heterocycles. The first-order chi connectivity index (χ1) is 16.5. The van der Waals surface area contributed by atoms with Crippen LogP contribution in [-0.4, -0.2) is 56.0 Å². The normalized spacial score (nSPS) is 45.3. The molecule has 4 fully saturated rings. The first kappa shape index (κ1) is 23.6. The summed E-state index contributed by atoms with van der Waals surface area (Å²) in [4.78, 5) is 33.5. The van der Waals surface area contributed by atoms with E-state index in [-0.39, 0.29) is 46.6 Å². The predicted molar refractivity (Wildman–Crippen MR) is 130 cm³/mol. The number of ether oxygens (including phenoxy) is 2. The van der Waals surface area contributed by atoms with Crippen LogP contribution < -0.4 is 0 Å². The lowest BCUT2D eigenvalue weighted by atomic mass is 9.46. The van der Waals surface area contributed by atoms with E-state index in [1.807, 2.05) is 19.9 Å². The molecule has 0 amide bonds. The second-order valence-electron chi connectivity index (χ2n) is 11.9. The van der Waals surface area contributed by atoms with Crippen LogP contribution in [0.25, 0.3) is 0 Å². The lowest BCUT2D eigenvalue weighted by molar-refractivity contribution is -0.223. The molecule has 3 saturated carbocycles. The number of aliphatic hydroxyl groups is 1. The molecule has 4 aliphatic carbocycles. The Morgan fingerprint density at radius 2 is 2.11 bits per heavy atom. The highest BCUT2D eigenvalue weighted by molar-refractivity contribution is 7.99. The maximum absolute atomic E-state index is 14.1. The number of rotatable bonds is 4. The first-order valence-electron chi connectivity index (χ1n) is 12.7.